The number of sulfone groups is 1. The van der Waals surface area contributed by atoms with Crippen LogP contribution in [-0.4, -0.2) is 26.5 Å². The lowest BCUT2D eigenvalue weighted by atomic mass is 10.1. The van der Waals surface area contributed by atoms with Gasteiger partial charge in [-0.25, -0.2) is 8.42 Å². The Bertz CT molecular complexity index is 471. The minimum Gasteiger partial charge on any atom is -0.464 e. The number of furan rings is 1. The molecule has 1 heterocycles. The second-order valence-corrected chi connectivity index (χ2v) is 7.26. The quantitative estimate of drug-likeness (QED) is 0.864. The van der Waals surface area contributed by atoms with Crippen molar-refractivity contribution in [1.29, 1.82) is 0 Å². The van der Waals surface area contributed by atoms with Gasteiger partial charge in [-0.05, 0) is 45.4 Å². The van der Waals surface area contributed by atoms with Crippen LogP contribution in [-0.2, 0) is 9.84 Å². The zero-order chi connectivity index (χ0) is 13.9. The molecule has 104 valence electrons. The maximum atomic E-state index is 11.7. The fraction of sp³-hybridized carbons (Fsp3) is 0.692. The van der Waals surface area contributed by atoms with Crippen molar-refractivity contribution in [3.63, 3.8) is 0 Å². The fourth-order valence-corrected chi connectivity index (χ4v) is 2.52. The molecule has 1 N–H and O–H groups in total. The first-order valence-electron chi connectivity index (χ1n) is 6.26. The summed E-state index contributed by atoms with van der Waals surface area (Å²) in [6, 6.07) is 1.64. The van der Waals surface area contributed by atoms with Crippen molar-refractivity contribution >= 4 is 9.84 Å². The summed E-state index contributed by atoms with van der Waals surface area (Å²) < 4.78 is 29.1. The molecule has 0 saturated heterocycles. The van der Waals surface area contributed by atoms with E-state index in [1.165, 1.54) is 6.26 Å². The van der Waals surface area contributed by atoms with E-state index in [-0.39, 0.29) is 6.04 Å². The molecule has 0 saturated carbocycles. The standard InChI is InChI=1S/C13H23NO3S/c1-6-7-14-13(11(4)18(5,15)16)12-8-9(2)10(3)17-12/h8,11,13-14H,6-7H2,1-5H3. The SMILES string of the molecule is CCCNC(c1cc(C)c(C)o1)C(C)S(C)(=O)=O. The van der Waals surface area contributed by atoms with Crippen molar-refractivity contribution in [1.82, 2.24) is 5.32 Å². The van der Waals surface area contributed by atoms with Crippen LogP contribution < -0.4 is 5.32 Å². The van der Waals surface area contributed by atoms with E-state index in [0.717, 1.165) is 24.3 Å². The normalized spacial score (nSPS) is 15.6. The summed E-state index contributed by atoms with van der Waals surface area (Å²) in [6.07, 6.45) is 2.21. The highest BCUT2D eigenvalue weighted by molar-refractivity contribution is 7.91. The van der Waals surface area contributed by atoms with Gasteiger partial charge in [0.25, 0.3) is 0 Å². The van der Waals surface area contributed by atoms with Crippen LogP contribution in [0.1, 0.15) is 43.4 Å². The summed E-state index contributed by atoms with van der Waals surface area (Å²) in [4.78, 5) is 0. The Morgan fingerprint density at radius 2 is 2.00 bits per heavy atom. The third-order valence-electron chi connectivity index (χ3n) is 3.25. The summed E-state index contributed by atoms with van der Waals surface area (Å²) in [5, 5.41) is 2.75. The highest BCUT2D eigenvalue weighted by Crippen LogP contribution is 2.25. The lowest BCUT2D eigenvalue weighted by Gasteiger charge is -2.22. The van der Waals surface area contributed by atoms with Crippen LogP contribution in [0.4, 0.5) is 0 Å². The van der Waals surface area contributed by atoms with Gasteiger partial charge in [-0.15, -0.1) is 0 Å². The van der Waals surface area contributed by atoms with Gasteiger partial charge in [-0.1, -0.05) is 6.92 Å². The molecule has 4 nitrogen and oxygen atoms in total. The monoisotopic (exact) mass is 273 g/mol. The fourth-order valence-electron chi connectivity index (χ4n) is 1.80. The molecule has 0 radical (unpaired) electrons. The highest BCUT2D eigenvalue weighted by atomic mass is 32.2. The van der Waals surface area contributed by atoms with Gasteiger partial charge >= 0.3 is 0 Å². The predicted octanol–water partition coefficient (Wildman–Crippen LogP) is 2.37. The lowest BCUT2D eigenvalue weighted by molar-refractivity contribution is 0.391. The molecule has 2 atom stereocenters. The molecule has 1 rings (SSSR count). The average Bonchev–Trinajstić information content (AvgIpc) is 2.58. The van der Waals surface area contributed by atoms with Gasteiger partial charge in [0, 0.05) is 6.26 Å². The summed E-state index contributed by atoms with van der Waals surface area (Å²) in [5.41, 5.74) is 1.05. The largest absolute Gasteiger partial charge is 0.464 e. The number of nitrogens with one attached hydrogen (secondary N) is 1. The van der Waals surface area contributed by atoms with Crippen molar-refractivity contribution in [2.24, 2.45) is 0 Å². The van der Waals surface area contributed by atoms with Crippen LogP contribution in [0, 0.1) is 13.8 Å². The van der Waals surface area contributed by atoms with Crippen LogP contribution in [0.5, 0.6) is 0 Å². The Morgan fingerprint density at radius 3 is 2.39 bits per heavy atom. The smallest absolute Gasteiger partial charge is 0.152 e. The molecule has 5 heteroatoms. The van der Waals surface area contributed by atoms with E-state index in [2.05, 4.69) is 5.32 Å². The van der Waals surface area contributed by atoms with E-state index in [1.807, 2.05) is 26.8 Å². The molecule has 18 heavy (non-hydrogen) atoms. The van der Waals surface area contributed by atoms with Crippen molar-refractivity contribution in [2.45, 2.75) is 45.4 Å². The minimum atomic E-state index is -3.11. The first kappa shape index (κ1) is 15.2. The van der Waals surface area contributed by atoms with Gasteiger partial charge in [-0.2, -0.15) is 0 Å². The van der Waals surface area contributed by atoms with Crippen molar-refractivity contribution in [3.8, 4) is 0 Å². The van der Waals surface area contributed by atoms with Gasteiger partial charge in [0.1, 0.15) is 11.5 Å². The molecule has 0 fully saturated rings. The van der Waals surface area contributed by atoms with E-state index < -0.39 is 15.1 Å². The van der Waals surface area contributed by atoms with Crippen LogP contribution in [0.25, 0.3) is 0 Å². The van der Waals surface area contributed by atoms with Crippen molar-refractivity contribution in [3.05, 3.63) is 23.2 Å². The van der Waals surface area contributed by atoms with Crippen LogP contribution >= 0.6 is 0 Å². The third-order valence-corrected chi connectivity index (χ3v) is 4.87. The zero-order valence-electron chi connectivity index (χ0n) is 11.8. The summed E-state index contributed by atoms with van der Waals surface area (Å²) in [6.45, 7) is 8.39. The van der Waals surface area contributed by atoms with Gasteiger partial charge in [0.05, 0.1) is 11.3 Å². The van der Waals surface area contributed by atoms with Gasteiger partial charge < -0.3 is 9.73 Å². The van der Waals surface area contributed by atoms with E-state index in [0.29, 0.717) is 5.76 Å². The Balaban J connectivity index is 3.05. The predicted molar refractivity (Wildman–Crippen MR) is 73.5 cm³/mol. The third kappa shape index (κ3) is 3.59. The van der Waals surface area contributed by atoms with E-state index in [4.69, 9.17) is 4.42 Å². The van der Waals surface area contributed by atoms with E-state index >= 15 is 0 Å². The molecule has 0 aromatic carbocycles. The van der Waals surface area contributed by atoms with Crippen molar-refractivity contribution in [2.75, 3.05) is 12.8 Å². The first-order valence-corrected chi connectivity index (χ1v) is 8.22. The molecule has 1 aromatic rings. The highest BCUT2D eigenvalue weighted by Gasteiger charge is 2.29. The minimum absolute atomic E-state index is 0.285. The molecule has 0 bridgehead atoms. The van der Waals surface area contributed by atoms with Gasteiger partial charge in [0.2, 0.25) is 0 Å². The molecule has 1 aromatic heterocycles. The molecule has 0 aliphatic rings. The maximum absolute atomic E-state index is 11.7. The number of hydrogen-bond acceptors (Lipinski definition) is 4. The Morgan fingerprint density at radius 1 is 1.39 bits per heavy atom. The van der Waals surface area contributed by atoms with E-state index in [1.54, 1.807) is 6.92 Å². The van der Waals surface area contributed by atoms with Gasteiger partial charge in [0.15, 0.2) is 9.84 Å². The topological polar surface area (TPSA) is 59.3 Å². The summed E-state index contributed by atoms with van der Waals surface area (Å²) >= 11 is 0. The number of aryl methyl sites for hydroxylation is 2. The second-order valence-electron chi connectivity index (χ2n) is 4.85. The molecular weight excluding hydrogens is 250 g/mol. The average molecular weight is 273 g/mol. The van der Waals surface area contributed by atoms with Crippen LogP contribution in [0.15, 0.2) is 10.5 Å². The molecule has 0 amide bonds. The lowest BCUT2D eigenvalue weighted by Crippen LogP contribution is -2.35. The molecule has 0 aliphatic carbocycles. The van der Waals surface area contributed by atoms with Crippen molar-refractivity contribution < 1.29 is 12.8 Å². The van der Waals surface area contributed by atoms with Crippen LogP contribution in [0.3, 0.4) is 0 Å². The Hall–Kier alpha value is -0.810. The van der Waals surface area contributed by atoms with Crippen LogP contribution in [0.2, 0.25) is 0 Å². The zero-order valence-corrected chi connectivity index (χ0v) is 12.6. The maximum Gasteiger partial charge on any atom is 0.152 e. The Kier molecular flexibility index (Phi) is 4.99. The Labute approximate surface area is 110 Å². The second kappa shape index (κ2) is 5.89. The van der Waals surface area contributed by atoms with E-state index in [9.17, 15) is 8.42 Å². The molecule has 0 spiro atoms. The molecule has 2 unspecified atom stereocenters. The summed E-state index contributed by atoms with van der Waals surface area (Å²) in [5.74, 6) is 1.55. The molecule has 0 aliphatic heterocycles. The number of rotatable bonds is 6. The summed E-state index contributed by atoms with van der Waals surface area (Å²) in [7, 11) is -3.11. The molecular formula is C13H23NO3S. The van der Waals surface area contributed by atoms with Gasteiger partial charge in [-0.3, -0.25) is 0 Å². The first-order chi connectivity index (χ1) is 8.27. The number of hydrogen-bond donors (Lipinski definition) is 1.